The van der Waals surface area contributed by atoms with Crippen LogP contribution in [0, 0.1) is 0 Å². The summed E-state index contributed by atoms with van der Waals surface area (Å²) in [5.74, 6) is 0. The summed E-state index contributed by atoms with van der Waals surface area (Å²) in [6.45, 7) is 2.91. The van der Waals surface area contributed by atoms with Crippen LogP contribution in [0.4, 0.5) is 0 Å². The van der Waals surface area contributed by atoms with Crippen molar-refractivity contribution in [1.29, 1.82) is 0 Å². The van der Waals surface area contributed by atoms with Gasteiger partial charge in [-0.3, -0.25) is 4.79 Å². The number of aromatic nitrogens is 3. The van der Waals surface area contributed by atoms with Crippen molar-refractivity contribution < 1.29 is 4.79 Å². The first-order chi connectivity index (χ1) is 9.24. The molecule has 0 saturated carbocycles. The molecule has 2 rings (SSSR count). The van der Waals surface area contributed by atoms with Crippen molar-refractivity contribution in [3.05, 3.63) is 46.2 Å². The lowest BCUT2D eigenvalue weighted by Crippen LogP contribution is -2.07. The molecule has 0 saturated heterocycles. The molecule has 0 N–H and O–H groups in total. The van der Waals surface area contributed by atoms with Gasteiger partial charge in [0.1, 0.15) is 5.69 Å². The molecule has 19 heavy (non-hydrogen) atoms. The topological polar surface area (TPSA) is 47.8 Å². The highest BCUT2D eigenvalue weighted by molar-refractivity contribution is 6.30. The number of hydrogen-bond acceptors (Lipinski definition) is 3. The first kappa shape index (κ1) is 13.7. The Kier molecular flexibility index (Phi) is 4.68. The quantitative estimate of drug-likeness (QED) is 0.762. The second-order valence-electron chi connectivity index (χ2n) is 4.42. The normalized spacial score (nSPS) is 10.6. The van der Waals surface area contributed by atoms with Gasteiger partial charge in [0.15, 0.2) is 6.29 Å². The van der Waals surface area contributed by atoms with Crippen LogP contribution < -0.4 is 0 Å². The van der Waals surface area contributed by atoms with E-state index in [-0.39, 0.29) is 0 Å². The molecule has 0 radical (unpaired) electrons. The standard InChI is InChI=1S/C14H16ClN3O/c1-2-3-8-18-14(13(10-19)16-17-18)9-11-4-6-12(15)7-5-11/h4-7,10H,2-3,8-9H2,1H3. The second kappa shape index (κ2) is 6.48. The van der Waals surface area contributed by atoms with Gasteiger partial charge in [-0.2, -0.15) is 0 Å². The summed E-state index contributed by atoms with van der Waals surface area (Å²) in [5.41, 5.74) is 2.38. The van der Waals surface area contributed by atoms with Gasteiger partial charge in [-0.05, 0) is 24.1 Å². The molecule has 4 nitrogen and oxygen atoms in total. The lowest BCUT2D eigenvalue weighted by Gasteiger charge is -2.06. The van der Waals surface area contributed by atoms with Gasteiger partial charge in [0.25, 0.3) is 0 Å². The molecule has 1 heterocycles. The molecule has 5 heteroatoms. The first-order valence-corrected chi connectivity index (χ1v) is 6.74. The summed E-state index contributed by atoms with van der Waals surface area (Å²) in [6, 6.07) is 7.59. The predicted octanol–water partition coefficient (Wildman–Crippen LogP) is 3.13. The van der Waals surface area contributed by atoms with Crippen molar-refractivity contribution in [2.45, 2.75) is 32.7 Å². The summed E-state index contributed by atoms with van der Waals surface area (Å²) >= 11 is 5.87. The fraction of sp³-hybridized carbons (Fsp3) is 0.357. The zero-order chi connectivity index (χ0) is 13.7. The third-order valence-corrected chi connectivity index (χ3v) is 3.24. The van der Waals surface area contributed by atoms with E-state index in [0.29, 0.717) is 17.1 Å². The molecule has 0 aliphatic carbocycles. The van der Waals surface area contributed by atoms with E-state index in [0.717, 1.165) is 36.9 Å². The number of carbonyl (C=O) groups is 1. The van der Waals surface area contributed by atoms with Gasteiger partial charge < -0.3 is 0 Å². The van der Waals surface area contributed by atoms with Crippen LogP contribution in [0.2, 0.25) is 5.02 Å². The molecular weight excluding hydrogens is 262 g/mol. The van der Waals surface area contributed by atoms with Crippen LogP contribution in [-0.2, 0) is 13.0 Å². The lowest BCUT2D eigenvalue weighted by molar-refractivity contribution is 0.111. The Morgan fingerprint density at radius 1 is 1.32 bits per heavy atom. The Morgan fingerprint density at radius 3 is 2.68 bits per heavy atom. The average molecular weight is 278 g/mol. The highest BCUT2D eigenvalue weighted by atomic mass is 35.5. The van der Waals surface area contributed by atoms with Gasteiger partial charge in [0, 0.05) is 18.0 Å². The van der Waals surface area contributed by atoms with Crippen LogP contribution in [0.3, 0.4) is 0 Å². The van der Waals surface area contributed by atoms with E-state index in [1.807, 2.05) is 28.9 Å². The maximum atomic E-state index is 11.0. The maximum absolute atomic E-state index is 11.0. The van der Waals surface area contributed by atoms with Gasteiger partial charge in [-0.15, -0.1) is 5.10 Å². The molecule has 0 unspecified atom stereocenters. The minimum absolute atomic E-state index is 0.422. The number of aryl methyl sites for hydroxylation is 1. The molecule has 1 aromatic carbocycles. The Hall–Kier alpha value is -1.68. The zero-order valence-corrected chi connectivity index (χ0v) is 11.6. The Labute approximate surface area is 117 Å². The van der Waals surface area contributed by atoms with Crippen molar-refractivity contribution >= 4 is 17.9 Å². The number of hydrogen-bond donors (Lipinski definition) is 0. The highest BCUT2D eigenvalue weighted by Crippen LogP contribution is 2.15. The SMILES string of the molecule is CCCCn1nnc(C=O)c1Cc1ccc(Cl)cc1. The van der Waals surface area contributed by atoms with Gasteiger partial charge in [0.2, 0.25) is 0 Å². The van der Waals surface area contributed by atoms with E-state index in [4.69, 9.17) is 11.6 Å². The molecule has 0 atom stereocenters. The fourth-order valence-electron chi connectivity index (χ4n) is 1.90. The summed E-state index contributed by atoms with van der Waals surface area (Å²) in [4.78, 5) is 11.0. The van der Waals surface area contributed by atoms with Gasteiger partial charge >= 0.3 is 0 Å². The smallest absolute Gasteiger partial charge is 0.172 e. The first-order valence-electron chi connectivity index (χ1n) is 6.36. The molecule has 0 amide bonds. The highest BCUT2D eigenvalue weighted by Gasteiger charge is 2.12. The number of carbonyl (C=O) groups excluding carboxylic acids is 1. The zero-order valence-electron chi connectivity index (χ0n) is 10.8. The van der Waals surface area contributed by atoms with Crippen LogP contribution in [0.5, 0.6) is 0 Å². The molecule has 0 aliphatic heterocycles. The third kappa shape index (κ3) is 3.41. The monoisotopic (exact) mass is 277 g/mol. The summed E-state index contributed by atoms with van der Waals surface area (Å²) in [5, 5.41) is 8.67. The summed E-state index contributed by atoms with van der Waals surface area (Å²) in [7, 11) is 0. The number of rotatable bonds is 6. The number of benzene rings is 1. The van der Waals surface area contributed by atoms with Gasteiger partial charge in [-0.25, -0.2) is 4.68 Å². The Morgan fingerprint density at radius 2 is 2.05 bits per heavy atom. The second-order valence-corrected chi connectivity index (χ2v) is 4.86. The summed E-state index contributed by atoms with van der Waals surface area (Å²) in [6.07, 6.45) is 3.51. The van der Waals surface area contributed by atoms with Crippen LogP contribution in [0.15, 0.2) is 24.3 Å². The van der Waals surface area contributed by atoms with Crippen LogP contribution in [0.1, 0.15) is 41.5 Å². The number of unbranched alkanes of at least 4 members (excludes halogenated alkanes) is 1. The van der Waals surface area contributed by atoms with Crippen molar-refractivity contribution in [2.24, 2.45) is 0 Å². The number of aldehydes is 1. The number of nitrogens with zero attached hydrogens (tertiary/aromatic N) is 3. The molecule has 2 aromatic rings. The van der Waals surface area contributed by atoms with Crippen molar-refractivity contribution in [1.82, 2.24) is 15.0 Å². The largest absolute Gasteiger partial charge is 0.296 e. The van der Waals surface area contributed by atoms with E-state index in [1.54, 1.807) is 0 Å². The minimum atomic E-state index is 0.422. The third-order valence-electron chi connectivity index (χ3n) is 2.99. The van der Waals surface area contributed by atoms with Crippen molar-refractivity contribution in [3.8, 4) is 0 Å². The van der Waals surface area contributed by atoms with Crippen molar-refractivity contribution in [2.75, 3.05) is 0 Å². The van der Waals surface area contributed by atoms with Crippen LogP contribution >= 0.6 is 11.6 Å². The fourth-order valence-corrected chi connectivity index (χ4v) is 2.03. The molecular formula is C14H16ClN3O. The molecule has 0 aliphatic rings. The lowest BCUT2D eigenvalue weighted by atomic mass is 10.1. The van der Waals surface area contributed by atoms with Crippen LogP contribution in [-0.4, -0.2) is 21.3 Å². The molecule has 0 fully saturated rings. The molecule has 0 bridgehead atoms. The maximum Gasteiger partial charge on any atom is 0.172 e. The Balaban J connectivity index is 2.23. The van der Waals surface area contributed by atoms with Crippen molar-refractivity contribution in [3.63, 3.8) is 0 Å². The minimum Gasteiger partial charge on any atom is -0.296 e. The molecule has 1 aromatic heterocycles. The number of halogens is 1. The van der Waals surface area contributed by atoms with E-state index in [9.17, 15) is 4.79 Å². The molecule has 100 valence electrons. The Bertz CT molecular complexity index is 548. The average Bonchev–Trinajstić information content (AvgIpc) is 2.81. The predicted molar refractivity (Wildman–Crippen MR) is 74.6 cm³/mol. The van der Waals surface area contributed by atoms with Gasteiger partial charge in [0.05, 0.1) is 5.69 Å². The van der Waals surface area contributed by atoms with E-state index >= 15 is 0 Å². The van der Waals surface area contributed by atoms with E-state index in [2.05, 4.69) is 17.2 Å². The van der Waals surface area contributed by atoms with E-state index < -0.39 is 0 Å². The van der Waals surface area contributed by atoms with Crippen LogP contribution in [0.25, 0.3) is 0 Å². The van der Waals surface area contributed by atoms with Gasteiger partial charge in [-0.1, -0.05) is 42.3 Å². The molecule has 0 spiro atoms. The summed E-state index contributed by atoms with van der Waals surface area (Å²) < 4.78 is 1.82. The van der Waals surface area contributed by atoms with E-state index in [1.165, 1.54) is 0 Å².